The number of oxime groups is 2. The molecular formula is C16H17N3O4S. The molecule has 0 atom stereocenters. The van der Waals surface area contributed by atoms with Crippen molar-refractivity contribution in [2.75, 3.05) is 6.61 Å². The van der Waals surface area contributed by atoms with E-state index >= 15 is 0 Å². The van der Waals surface area contributed by atoms with Gasteiger partial charge in [-0.1, -0.05) is 29.4 Å². The molecule has 8 heteroatoms. The van der Waals surface area contributed by atoms with Crippen molar-refractivity contribution >= 4 is 28.7 Å². The monoisotopic (exact) mass is 347 g/mol. The smallest absolute Gasteiger partial charge is 0.374 e. The van der Waals surface area contributed by atoms with Crippen LogP contribution in [-0.2, 0) is 14.5 Å². The highest BCUT2D eigenvalue weighted by atomic mass is 32.1. The fraction of sp³-hybridized carbons (Fsp3) is 0.250. The number of aromatic nitrogens is 1. The summed E-state index contributed by atoms with van der Waals surface area (Å²) in [5.41, 5.74) is 1.56. The Morgan fingerprint density at radius 2 is 2.12 bits per heavy atom. The average Bonchev–Trinajstić information content (AvgIpc) is 3.11. The molecule has 0 spiro atoms. The van der Waals surface area contributed by atoms with E-state index in [-0.39, 0.29) is 12.4 Å². The number of carbonyl (C=O) groups is 1. The average molecular weight is 347 g/mol. The lowest BCUT2D eigenvalue weighted by molar-refractivity contribution is -0.148. The van der Waals surface area contributed by atoms with Gasteiger partial charge >= 0.3 is 5.97 Å². The Morgan fingerprint density at radius 1 is 1.33 bits per heavy atom. The van der Waals surface area contributed by atoms with Gasteiger partial charge in [-0.05, 0) is 25.5 Å². The summed E-state index contributed by atoms with van der Waals surface area (Å²) in [6.07, 6.45) is 2.15. The van der Waals surface area contributed by atoms with Gasteiger partial charge in [0, 0.05) is 17.1 Å². The molecule has 7 nitrogen and oxygen atoms in total. The summed E-state index contributed by atoms with van der Waals surface area (Å²) in [6, 6.07) is 6.71. The molecule has 1 heterocycles. The van der Waals surface area contributed by atoms with Gasteiger partial charge in [0.2, 0.25) is 6.61 Å². The fourth-order valence-corrected chi connectivity index (χ4v) is 2.36. The van der Waals surface area contributed by atoms with Crippen LogP contribution in [0.5, 0.6) is 5.75 Å². The molecule has 1 aromatic carbocycles. The summed E-state index contributed by atoms with van der Waals surface area (Å²) in [7, 11) is 0. The molecule has 0 fully saturated rings. The van der Waals surface area contributed by atoms with Crippen LogP contribution in [0.4, 0.5) is 0 Å². The van der Waals surface area contributed by atoms with Gasteiger partial charge in [-0.25, -0.2) is 9.78 Å². The summed E-state index contributed by atoms with van der Waals surface area (Å²) >= 11 is 1.42. The zero-order valence-electron chi connectivity index (χ0n) is 13.3. The third-order valence-corrected chi connectivity index (χ3v) is 3.82. The van der Waals surface area contributed by atoms with E-state index in [9.17, 15) is 9.90 Å². The zero-order valence-corrected chi connectivity index (χ0v) is 14.1. The highest BCUT2D eigenvalue weighted by molar-refractivity contribution is 7.11. The zero-order chi connectivity index (χ0) is 17.4. The van der Waals surface area contributed by atoms with Crippen molar-refractivity contribution in [3.8, 4) is 5.75 Å². The fourth-order valence-electron chi connectivity index (χ4n) is 1.78. The largest absolute Gasteiger partial charge is 0.507 e. The van der Waals surface area contributed by atoms with Crippen molar-refractivity contribution in [1.29, 1.82) is 0 Å². The molecule has 0 amide bonds. The van der Waals surface area contributed by atoms with E-state index in [2.05, 4.69) is 15.3 Å². The molecule has 0 aliphatic rings. The second-order valence-electron chi connectivity index (χ2n) is 4.66. The molecule has 0 radical (unpaired) electrons. The Morgan fingerprint density at radius 3 is 2.79 bits per heavy atom. The first kappa shape index (κ1) is 17.6. The molecule has 1 N–H and O–H groups in total. The van der Waals surface area contributed by atoms with Gasteiger partial charge < -0.3 is 14.8 Å². The number of benzene rings is 1. The van der Waals surface area contributed by atoms with E-state index in [0.29, 0.717) is 28.4 Å². The third kappa shape index (κ3) is 4.88. The van der Waals surface area contributed by atoms with Crippen molar-refractivity contribution in [2.24, 2.45) is 10.3 Å². The summed E-state index contributed by atoms with van der Waals surface area (Å²) < 4.78 is 0. The Hall–Kier alpha value is -2.74. The first-order valence-corrected chi connectivity index (χ1v) is 8.11. The molecule has 0 saturated heterocycles. The molecule has 2 aromatic rings. The van der Waals surface area contributed by atoms with Crippen molar-refractivity contribution in [3.63, 3.8) is 0 Å². The maximum Gasteiger partial charge on any atom is 0.374 e. The highest BCUT2D eigenvalue weighted by Gasteiger charge is 2.10. The van der Waals surface area contributed by atoms with E-state index in [0.717, 1.165) is 0 Å². The van der Waals surface area contributed by atoms with Crippen LogP contribution >= 0.6 is 11.3 Å². The third-order valence-electron chi connectivity index (χ3n) is 2.93. The molecule has 0 aliphatic carbocycles. The minimum absolute atomic E-state index is 0.0778. The topological polar surface area (TPSA) is 93.4 Å². The van der Waals surface area contributed by atoms with Crippen molar-refractivity contribution < 1.29 is 19.6 Å². The maximum absolute atomic E-state index is 11.6. The second kappa shape index (κ2) is 8.78. The molecule has 126 valence electrons. The minimum atomic E-state index is -0.688. The standard InChI is InChI=1S/C16H17N3O4S/c1-3-13(12-6-4-5-7-14(12)20)19-23-15(21)10-22-18-11(2)16-17-8-9-24-16/h4-9,20H,3,10H2,1-2H3. The Balaban J connectivity index is 1.90. The Labute approximate surface area is 143 Å². The second-order valence-corrected chi connectivity index (χ2v) is 5.55. The van der Waals surface area contributed by atoms with Crippen LogP contribution in [-0.4, -0.2) is 34.1 Å². The van der Waals surface area contributed by atoms with Crippen molar-refractivity contribution in [2.45, 2.75) is 20.3 Å². The summed E-state index contributed by atoms with van der Waals surface area (Å²) in [4.78, 5) is 25.5. The minimum Gasteiger partial charge on any atom is -0.507 e. The van der Waals surface area contributed by atoms with Gasteiger partial charge in [-0.15, -0.1) is 11.3 Å². The Bertz CT molecular complexity index is 742. The molecule has 0 saturated carbocycles. The summed E-state index contributed by atoms with van der Waals surface area (Å²) in [6.45, 7) is 3.21. The highest BCUT2D eigenvalue weighted by Crippen LogP contribution is 2.18. The molecule has 0 bridgehead atoms. The van der Waals surface area contributed by atoms with Crippen molar-refractivity contribution in [3.05, 3.63) is 46.4 Å². The number of phenols is 1. The lowest BCUT2D eigenvalue weighted by atomic mass is 10.1. The van der Waals surface area contributed by atoms with Crippen LogP contribution in [0.3, 0.4) is 0 Å². The first-order valence-electron chi connectivity index (χ1n) is 7.23. The van der Waals surface area contributed by atoms with E-state index < -0.39 is 5.97 Å². The van der Waals surface area contributed by atoms with Crippen LogP contribution in [0.2, 0.25) is 0 Å². The molecule has 24 heavy (non-hydrogen) atoms. The van der Waals surface area contributed by atoms with Crippen molar-refractivity contribution in [1.82, 2.24) is 4.98 Å². The van der Waals surface area contributed by atoms with Gasteiger partial charge in [-0.2, -0.15) is 0 Å². The Kier molecular flexibility index (Phi) is 6.44. The van der Waals surface area contributed by atoms with Crippen LogP contribution in [0.15, 0.2) is 46.2 Å². The van der Waals surface area contributed by atoms with E-state index in [1.54, 1.807) is 37.4 Å². The summed E-state index contributed by atoms with van der Waals surface area (Å²) in [5, 5.41) is 19.9. The first-order chi connectivity index (χ1) is 11.6. The maximum atomic E-state index is 11.6. The van der Waals surface area contributed by atoms with Crippen LogP contribution in [0.1, 0.15) is 30.8 Å². The van der Waals surface area contributed by atoms with Crippen LogP contribution in [0, 0.1) is 0 Å². The van der Waals surface area contributed by atoms with Gasteiger partial charge in [0.15, 0.2) is 0 Å². The number of phenolic OH excluding ortho intramolecular Hbond substituents is 1. The molecule has 0 unspecified atom stereocenters. The predicted octanol–water partition coefficient (Wildman–Crippen LogP) is 2.95. The molecule has 1 aromatic heterocycles. The molecule has 2 rings (SSSR count). The van der Waals surface area contributed by atoms with E-state index in [1.807, 2.05) is 12.3 Å². The number of hydrogen-bond donors (Lipinski definition) is 1. The van der Waals surface area contributed by atoms with E-state index in [1.165, 1.54) is 11.3 Å². The molecular weight excluding hydrogens is 330 g/mol. The van der Waals surface area contributed by atoms with E-state index in [4.69, 9.17) is 9.68 Å². The lowest BCUT2D eigenvalue weighted by Crippen LogP contribution is -2.11. The summed E-state index contributed by atoms with van der Waals surface area (Å²) in [5.74, 6) is -0.610. The quantitative estimate of drug-likeness (QED) is 0.472. The number of nitrogens with zero attached hydrogens (tertiary/aromatic N) is 3. The lowest BCUT2D eigenvalue weighted by Gasteiger charge is -2.05. The van der Waals surface area contributed by atoms with Crippen LogP contribution < -0.4 is 0 Å². The molecule has 0 aliphatic heterocycles. The predicted molar refractivity (Wildman–Crippen MR) is 91.3 cm³/mol. The number of para-hydroxylation sites is 1. The number of carbonyl (C=O) groups excluding carboxylic acids is 1. The van der Waals surface area contributed by atoms with Crippen LogP contribution in [0.25, 0.3) is 0 Å². The normalized spacial score (nSPS) is 12.1. The van der Waals surface area contributed by atoms with Gasteiger partial charge in [0.25, 0.3) is 0 Å². The van der Waals surface area contributed by atoms with Gasteiger partial charge in [0.05, 0.1) is 5.71 Å². The number of rotatable bonds is 7. The van der Waals surface area contributed by atoms with Gasteiger partial charge in [-0.3, -0.25) is 0 Å². The number of hydrogen-bond acceptors (Lipinski definition) is 8. The SMILES string of the molecule is CCC(=NOC(=O)CON=C(C)c1nccs1)c1ccccc1O. The number of aromatic hydroxyl groups is 1. The van der Waals surface area contributed by atoms with Gasteiger partial charge in [0.1, 0.15) is 16.5 Å². The number of thiazole rings is 1.